The first-order valence-electron chi connectivity index (χ1n) is 5.21. The lowest BCUT2D eigenvalue weighted by atomic mass is 10.0. The Hall–Kier alpha value is -1.64. The first-order chi connectivity index (χ1) is 7.72. The van der Waals surface area contributed by atoms with Gasteiger partial charge in [0.05, 0.1) is 0 Å². The quantitative estimate of drug-likeness (QED) is 0.766. The molecule has 1 aromatic rings. The van der Waals surface area contributed by atoms with Crippen molar-refractivity contribution < 1.29 is 4.74 Å². The van der Waals surface area contributed by atoms with Gasteiger partial charge in [-0.1, -0.05) is 42.5 Å². The Morgan fingerprint density at radius 3 is 2.31 bits per heavy atom. The molecule has 16 heavy (non-hydrogen) atoms. The number of rotatable bonds is 2. The van der Waals surface area contributed by atoms with Gasteiger partial charge in [0.1, 0.15) is 0 Å². The van der Waals surface area contributed by atoms with E-state index in [0.717, 1.165) is 5.57 Å². The van der Waals surface area contributed by atoms with Gasteiger partial charge in [-0.25, -0.2) is 0 Å². The van der Waals surface area contributed by atoms with Gasteiger partial charge in [0.2, 0.25) is 0 Å². The number of hydrogen-bond donors (Lipinski definition) is 1. The molecule has 0 atom stereocenters. The number of benzene rings is 1. The molecule has 2 heteroatoms. The van der Waals surface area contributed by atoms with E-state index >= 15 is 0 Å². The number of methoxy groups -OCH3 is 1. The maximum Gasteiger partial charge on any atom is 0.155 e. The average molecular weight is 213 g/mol. The van der Waals surface area contributed by atoms with Crippen LogP contribution < -0.4 is 5.73 Å². The molecule has 2 N–H and O–H groups in total. The molecule has 0 fully saturated rings. The van der Waals surface area contributed by atoms with Crippen LogP contribution in [-0.4, -0.2) is 12.8 Å². The zero-order valence-electron chi connectivity index (χ0n) is 9.26. The van der Waals surface area contributed by atoms with E-state index in [1.165, 1.54) is 5.56 Å². The zero-order valence-corrected chi connectivity index (χ0v) is 9.26. The summed E-state index contributed by atoms with van der Waals surface area (Å²) < 4.78 is 5.15. The molecule has 82 valence electrons. The number of allylic oxidation sites excluding steroid dienone is 3. The van der Waals surface area contributed by atoms with Gasteiger partial charge < -0.3 is 4.74 Å². The van der Waals surface area contributed by atoms with Crippen LogP contribution >= 0.6 is 0 Å². The van der Waals surface area contributed by atoms with Crippen LogP contribution in [0.15, 0.2) is 60.2 Å². The Bertz CT molecular complexity index is 427. The summed E-state index contributed by atoms with van der Waals surface area (Å²) in [6.45, 7) is 0. The summed E-state index contributed by atoms with van der Waals surface area (Å²) in [6.07, 6.45) is 9.73. The summed E-state index contributed by atoms with van der Waals surface area (Å²) in [5.74, 6) is 0. The molecule has 0 spiro atoms. The van der Waals surface area contributed by atoms with E-state index < -0.39 is 5.72 Å². The van der Waals surface area contributed by atoms with Gasteiger partial charge in [-0.3, -0.25) is 5.73 Å². The van der Waals surface area contributed by atoms with E-state index in [0.29, 0.717) is 0 Å². The summed E-state index contributed by atoms with van der Waals surface area (Å²) in [5.41, 5.74) is 7.42. The van der Waals surface area contributed by atoms with Crippen molar-refractivity contribution in [2.75, 3.05) is 7.11 Å². The molecule has 0 heterocycles. The fourth-order valence-corrected chi connectivity index (χ4v) is 1.54. The Kier molecular flexibility index (Phi) is 3.04. The summed E-state index contributed by atoms with van der Waals surface area (Å²) in [4.78, 5) is 0. The molecule has 2 rings (SSSR count). The van der Waals surface area contributed by atoms with Gasteiger partial charge in [0.15, 0.2) is 5.72 Å². The molecule has 1 aliphatic carbocycles. The van der Waals surface area contributed by atoms with Crippen molar-refractivity contribution in [2.24, 2.45) is 5.73 Å². The van der Waals surface area contributed by atoms with E-state index in [2.05, 4.69) is 18.2 Å². The van der Waals surface area contributed by atoms with Crippen LogP contribution in [0.25, 0.3) is 6.08 Å². The summed E-state index contributed by atoms with van der Waals surface area (Å²) >= 11 is 0. The summed E-state index contributed by atoms with van der Waals surface area (Å²) in [5, 5.41) is 0. The molecule has 1 aliphatic rings. The fourth-order valence-electron chi connectivity index (χ4n) is 1.54. The first kappa shape index (κ1) is 10.9. The smallest absolute Gasteiger partial charge is 0.155 e. The fraction of sp³-hybridized carbons (Fsp3) is 0.143. The lowest BCUT2D eigenvalue weighted by Gasteiger charge is -2.22. The van der Waals surface area contributed by atoms with Gasteiger partial charge in [0, 0.05) is 7.11 Å². The third-order valence-electron chi connectivity index (χ3n) is 2.56. The highest BCUT2D eigenvalue weighted by Gasteiger charge is 2.18. The molecule has 0 aromatic heterocycles. The van der Waals surface area contributed by atoms with Crippen LogP contribution in [0.1, 0.15) is 5.56 Å². The summed E-state index contributed by atoms with van der Waals surface area (Å²) in [6, 6.07) is 10.2. The SMILES string of the molecule is COC1(N)C=CC(=Cc2ccccc2)C=C1. The van der Waals surface area contributed by atoms with Gasteiger partial charge in [-0.2, -0.15) is 0 Å². The van der Waals surface area contributed by atoms with Crippen LogP contribution in [0, 0.1) is 0 Å². The minimum Gasteiger partial charge on any atom is -0.357 e. The largest absolute Gasteiger partial charge is 0.357 e. The van der Waals surface area contributed by atoms with E-state index in [-0.39, 0.29) is 0 Å². The monoisotopic (exact) mass is 213 g/mol. The van der Waals surface area contributed by atoms with Crippen molar-refractivity contribution in [3.8, 4) is 0 Å². The molecular formula is C14H15NO. The minimum atomic E-state index is -0.756. The van der Waals surface area contributed by atoms with Crippen molar-refractivity contribution in [1.82, 2.24) is 0 Å². The second-order valence-corrected chi connectivity index (χ2v) is 3.78. The molecule has 0 aliphatic heterocycles. The first-order valence-corrected chi connectivity index (χ1v) is 5.21. The number of hydrogen-bond acceptors (Lipinski definition) is 2. The third-order valence-corrected chi connectivity index (χ3v) is 2.56. The van der Waals surface area contributed by atoms with Crippen molar-refractivity contribution >= 4 is 6.08 Å². The molecule has 0 radical (unpaired) electrons. The predicted molar refractivity (Wildman–Crippen MR) is 66.6 cm³/mol. The van der Waals surface area contributed by atoms with Gasteiger partial charge in [-0.05, 0) is 29.4 Å². The molecule has 0 saturated carbocycles. The highest BCUT2D eigenvalue weighted by atomic mass is 16.5. The highest BCUT2D eigenvalue weighted by Crippen LogP contribution is 2.18. The van der Waals surface area contributed by atoms with E-state index in [9.17, 15) is 0 Å². The maximum atomic E-state index is 5.89. The Morgan fingerprint density at radius 1 is 1.12 bits per heavy atom. The van der Waals surface area contributed by atoms with Crippen LogP contribution in [0.2, 0.25) is 0 Å². The molecule has 0 amide bonds. The van der Waals surface area contributed by atoms with Gasteiger partial charge in [0.25, 0.3) is 0 Å². The van der Waals surface area contributed by atoms with E-state index in [1.54, 1.807) is 7.11 Å². The normalized spacial score (nSPS) is 23.5. The van der Waals surface area contributed by atoms with Crippen molar-refractivity contribution in [3.05, 3.63) is 65.8 Å². The zero-order chi connectivity index (χ0) is 11.4. The lowest BCUT2D eigenvalue weighted by molar-refractivity contribution is 0.0794. The van der Waals surface area contributed by atoms with Gasteiger partial charge >= 0.3 is 0 Å². The van der Waals surface area contributed by atoms with Crippen molar-refractivity contribution in [1.29, 1.82) is 0 Å². The second kappa shape index (κ2) is 4.47. The number of ether oxygens (including phenoxy) is 1. The molecule has 0 bridgehead atoms. The molecule has 1 aromatic carbocycles. The molecular weight excluding hydrogens is 198 g/mol. The second-order valence-electron chi connectivity index (χ2n) is 3.78. The van der Waals surface area contributed by atoms with Crippen molar-refractivity contribution in [2.45, 2.75) is 5.72 Å². The van der Waals surface area contributed by atoms with Gasteiger partial charge in [-0.15, -0.1) is 0 Å². The Morgan fingerprint density at radius 2 is 1.75 bits per heavy atom. The average Bonchev–Trinajstić information content (AvgIpc) is 2.34. The topological polar surface area (TPSA) is 35.2 Å². The maximum absolute atomic E-state index is 5.89. The third kappa shape index (κ3) is 2.48. The number of nitrogens with two attached hydrogens (primary N) is 1. The van der Waals surface area contributed by atoms with E-state index in [1.807, 2.05) is 42.5 Å². The Labute approximate surface area is 95.7 Å². The van der Waals surface area contributed by atoms with Crippen molar-refractivity contribution in [3.63, 3.8) is 0 Å². The predicted octanol–water partition coefficient (Wildman–Crippen LogP) is 2.50. The van der Waals surface area contributed by atoms with Crippen LogP contribution in [0.4, 0.5) is 0 Å². The molecule has 0 unspecified atom stereocenters. The minimum absolute atomic E-state index is 0.756. The Balaban J connectivity index is 2.19. The lowest BCUT2D eigenvalue weighted by Crippen LogP contribution is -2.38. The highest BCUT2D eigenvalue weighted by molar-refractivity contribution is 5.60. The van der Waals surface area contributed by atoms with Crippen LogP contribution in [0.5, 0.6) is 0 Å². The summed E-state index contributed by atoms with van der Waals surface area (Å²) in [7, 11) is 1.60. The van der Waals surface area contributed by atoms with E-state index in [4.69, 9.17) is 10.5 Å². The molecule has 0 saturated heterocycles. The van der Waals surface area contributed by atoms with Crippen LogP contribution in [0.3, 0.4) is 0 Å². The standard InChI is InChI=1S/C14H15NO/c1-16-14(15)9-7-13(8-10-14)11-12-5-3-2-4-6-12/h2-11H,15H2,1H3. The van der Waals surface area contributed by atoms with Crippen LogP contribution in [-0.2, 0) is 4.74 Å². The molecule has 2 nitrogen and oxygen atoms in total.